The predicted octanol–water partition coefficient (Wildman–Crippen LogP) is 8.76. The number of likely N-dealkylation sites (N-methyl/N-ethyl adjacent to an activating group) is 1. The normalized spacial score (nSPS) is 37.3. The van der Waals surface area contributed by atoms with E-state index in [0.717, 1.165) is 62.5 Å². The second-order valence-corrected chi connectivity index (χ2v) is 19.1. The van der Waals surface area contributed by atoms with Gasteiger partial charge in [-0.3, -0.25) is 19.3 Å². The van der Waals surface area contributed by atoms with E-state index in [1.807, 2.05) is 13.1 Å². The van der Waals surface area contributed by atoms with Crippen LogP contribution in [-0.2, 0) is 19.1 Å². The third kappa shape index (κ3) is 6.98. The number of aliphatic hydroxyl groups is 1. The van der Waals surface area contributed by atoms with Crippen LogP contribution in [-0.4, -0.2) is 65.2 Å². The van der Waals surface area contributed by atoms with E-state index in [9.17, 15) is 24.6 Å². The molecule has 10 unspecified atom stereocenters. The first-order valence-corrected chi connectivity index (χ1v) is 19.8. The van der Waals surface area contributed by atoms with Crippen molar-refractivity contribution < 1.29 is 29.3 Å². The number of aliphatic hydroxyl groups excluding tert-OH is 1. The fourth-order valence-electron chi connectivity index (χ4n) is 12.4. The zero-order chi connectivity index (χ0) is 37.8. The fraction of sp³-hybridized carbons (Fsp3) is 0.744. The summed E-state index contributed by atoms with van der Waals surface area (Å²) in [4.78, 5) is 40.6. The van der Waals surface area contributed by atoms with Gasteiger partial charge in [0, 0.05) is 30.0 Å². The van der Waals surface area contributed by atoms with Gasteiger partial charge in [-0.1, -0.05) is 77.1 Å². The summed E-state index contributed by atoms with van der Waals surface area (Å²) in [6.45, 7) is 23.4. The fourth-order valence-corrected chi connectivity index (χ4v) is 12.5. The molecule has 0 aromatic rings. The van der Waals surface area contributed by atoms with Gasteiger partial charge in [-0.15, -0.1) is 0 Å². The monoisotopic (exact) mass is 725 g/mol. The van der Waals surface area contributed by atoms with Gasteiger partial charge < -0.3 is 14.9 Å². The SMILES string of the molecule is C=C/C=C(/CN(C)CC(O)C12CCC3C(CCC4C3(C)CCC3C(C)C(OC(=O)CC(C)(C)C(=O)O)CCC34C)C1=C(C(C)C)C(=O)C2)C(=C)Cl. The average Bonchev–Trinajstić information content (AvgIpc) is 3.35. The number of carboxylic acids is 1. The third-order valence-corrected chi connectivity index (χ3v) is 15.1. The van der Waals surface area contributed by atoms with Gasteiger partial charge >= 0.3 is 11.9 Å². The number of esters is 1. The van der Waals surface area contributed by atoms with Crippen molar-refractivity contribution in [3.8, 4) is 0 Å². The Bertz CT molecular complexity index is 1490. The molecule has 0 bridgehead atoms. The Kier molecular flexibility index (Phi) is 11.4. The van der Waals surface area contributed by atoms with Gasteiger partial charge in [0.15, 0.2) is 5.78 Å². The van der Waals surface area contributed by atoms with Gasteiger partial charge in [0.1, 0.15) is 6.10 Å². The molecule has 4 fully saturated rings. The Balaban J connectivity index is 1.38. The van der Waals surface area contributed by atoms with E-state index in [4.69, 9.17) is 16.3 Å². The van der Waals surface area contributed by atoms with Crippen molar-refractivity contribution in [2.45, 2.75) is 125 Å². The van der Waals surface area contributed by atoms with Gasteiger partial charge in [0.25, 0.3) is 0 Å². The number of Topliss-reactive ketones (excluding diaryl/α,β-unsaturated/α-hetero) is 1. The second-order valence-electron chi connectivity index (χ2n) is 18.6. The Morgan fingerprint density at radius 3 is 2.31 bits per heavy atom. The number of rotatable bonds is 12. The number of aliphatic carboxylic acids is 1. The van der Waals surface area contributed by atoms with E-state index in [1.54, 1.807) is 19.9 Å². The van der Waals surface area contributed by atoms with Crippen LogP contribution in [0.4, 0.5) is 0 Å². The van der Waals surface area contributed by atoms with Gasteiger partial charge in [-0.05, 0) is 130 Å². The lowest BCUT2D eigenvalue weighted by Crippen LogP contribution is -2.61. The summed E-state index contributed by atoms with van der Waals surface area (Å²) in [6, 6.07) is 0. The molecule has 8 heteroatoms. The summed E-state index contributed by atoms with van der Waals surface area (Å²) in [6.07, 6.45) is 10.9. The molecule has 0 amide bonds. The molecule has 5 aliphatic carbocycles. The number of hydrogen-bond donors (Lipinski definition) is 2. The number of hydrogen-bond acceptors (Lipinski definition) is 6. The summed E-state index contributed by atoms with van der Waals surface area (Å²) in [5.41, 5.74) is 1.66. The Morgan fingerprint density at radius 2 is 1.71 bits per heavy atom. The average molecular weight is 726 g/mol. The third-order valence-electron chi connectivity index (χ3n) is 14.9. The van der Waals surface area contributed by atoms with Crippen LogP contribution in [0.5, 0.6) is 0 Å². The lowest BCUT2D eigenvalue weighted by atomic mass is 9.38. The minimum Gasteiger partial charge on any atom is -0.481 e. The Morgan fingerprint density at radius 1 is 1.08 bits per heavy atom. The van der Waals surface area contributed by atoms with Crippen molar-refractivity contribution in [1.82, 2.24) is 4.90 Å². The highest BCUT2D eigenvalue weighted by Gasteiger charge is 2.66. The second kappa shape index (κ2) is 14.5. The zero-order valence-electron chi connectivity index (χ0n) is 32.5. The van der Waals surface area contributed by atoms with Gasteiger partial charge in [-0.25, -0.2) is 0 Å². The summed E-state index contributed by atoms with van der Waals surface area (Å²) in [7, 11) is 1.99. The molecule has 10 atom stereocenters. The summed E-state index contributed by atoms with van der Waals surface area (Å²) in [5, 5.41) is 22.2. The highest BCUT2D eigenvalue weighted by Crippen LogP contribution is 2.72. The Labute approximate surface area is 312 Å². The molecule has 0 aliphatic heterocycles. The number of carbonyl (C=O) groups is 3. The molecule has 2 N–H and O–H groups in total. The minimum absolute atomic E-state index is 0.110. The van der Waals surface area contributed by atoms with Crippen molar-refractivity contribution in [1.29, 1.82) is 0 Å². The number of halogens is 1. The Hall–Kier alpha value is -2.22. The molecule has 0 heterocycles. The lowest BCUT2D eigenvalue weighted by Gasteiger charge is -2.67. The number of carbonyl (C=O) groups excluding carboxylic acids is 2. The number of fused-ring (bicyclic) bond motifs is 7. The standard InChI is InChI=1S/C43H64ClNO6/c1-11-12-28(27(5)44)23-45(10)24-35(47)43-20-16-31-29(38(43)37(25(2)3)32(46)21-43)13-14-34-41(8)19-17-33(26(4)30(41)15-18-42(31,34)9)51-36(48)22-40(6,7)39(49)50/h11-12,25-26,29-31,33-35,47H,1,5,13-24H2,2-4,6-10H3,(H,49,50)/b28-12-. The largest absolute Gasteiger partial charge is 0.481 e. The molecule has 7 nitrogen and oxygen atoms in total. The van der Waals surface area contributed by atoms with Crippen LogP contribution in [0, 0.1) is 57.2 Å². The van der Waals surface area contributed by atoms with Crippen molar-refractivity contribution in [2.24, 2.45) is 57.2 Å². The molecule has 5 rings (SSSR count). The molecule has 0 aromatic heterocycles. The van der Waals surface area contributed by atoms with E-state index in [1.165, 1.54) is 5.57 Å². The van der Waals surface area contributed by atoms with Crippen LogP contribution in [0.1, 0.15) is 113 Å². The number of carboxylic acid groups (broad SMARTS) is 1. The van der Waals surface area contributed by atoms with Gasteiger partial charge in [-0.2, -0.15) is 0 Å². The smallest absolute Gasteiger partial charge is 0.309 e. The molecule has 0 saturated heterocycles. The van der Waals surface area contributed by atoms with Crippen LogP contribution in [0.25, 0.3) is 0 Å². The highest BCUT2D eigenvalue weighted by molar-refractivity contribution is 6.31. The van der Waals surface area contributed by atoms with E-state index >= 15 is 0 Å². The topological polar surface area (TPSA) is 104 Å². The van der Waals surface area contributed by atoms with E-state index in [0.29, 0.717) is 42.3 Å². The van der Waals surface area contributed by atoms with Gasteiger partial charge in [0.2, 0.25) is 0 Å². The molecular formula is C43H64ClNO6. The van der Waals surface area contributed by atoms with Crippen molar-refractivity contribution >= 4 is 29.3 Å². The van der Waals surface area contributed by atoms with Gasteiger partial charge in [0.05, 0.1) is 17.9 Å². The van der Waals surface area contributed by atoms with E-state index < -0.39 is 28.9 Å². The zero-order valence-corrected chi connectivity index (χ0v) is 33.3. The maximum Gasteiger partial charge on any atom is 0.309 e. The summed E-state index contributed by atoms with van der Waals surface area (Å²) >= 11 is 6.29. The first-order valence-electron chi connectivity index (χ1n) is 19.5. The maximum atomic E-state index is 14.0. The first kappa shape index (κ1) is 40.0. The first-order chi connectivity index (χ1) is 23.7. The predicted molar refractivity (Wildman–Crippen MR) is 203 cm³/mol. The minimum atomic E-state index is -1.15. The number of ether oxygens (including phenoxy) is 1. The summed E-state index contributed by atoms with van der Waals surface area (Å²) < 4.78 is 6.04. The molecule has 0 aromatic carbocycles. The molecule has 284 valence electrons. The van der Waals surface area contributed by atoms with Crippen LogP contribution in [0.2, 0.25) is 0 Å². The number of allylic oxidation sites excluding steroid dienone is 3. The molecular weight excluding hydrogens is 662 g/mol. The molecule has 4 saturated carbocycles. The quantitative estimate of drug-likeness (QED) is 0.153. The van der Waals surface area contributed by atoms with Crippen molar-refractivity contribution in [2.75, 3.05) is 20.1 Å². The molecule has 0 radical (unpaired) electrons. The molecule has 51 heavy (non-hydrogen) atoms. The molecule has 0 spiro atoms. The lowest BCUT2D eigenvalue weighted by molar-refractivity contribution is -0.193. The molecule has 5 aliphatic rings. The van der Waals surface area contributed by atoms with Crippen LogP contribution in [0.15, 0.2) is 47.1 Å². The maximum absolute atomic E-state index is 14.0. The number of nitrogens with zero attached hydrogens (tertiary/aromatic N) is 1. The van der Waals surface area contributed by atoms with Crippen LogP contribution < -0.4 is 0 Å². The number of ketones is 1. The van der Waals surface area contributed by atoms with E-state index in [2.05, 4.69) is 52.7 Å². The van der Waals surface area contributed by atoms with Crippen LogP contribution in [0.3, 0.4) is 0 Å². The van der Waals surface area contributed by atoms with Crippen molar-refractivity contribution in [3.63, 3.8) is 0 Å². The van der Waals surface area contributed by atoms with E-state index in [-0.39, 0.29) is 46.9 Å². The summed E-state index contributed by atoms with van der Waals surface area (Å²) in [5.74, 6) is 0.818. The van der Waals surface area contributed by atoms with Crippen molar-refractivity contribution in [3.05, 3.63) is 47.1 Å². The van der Waals surface area contributed by atoms with Crippen LogP contribution >= 0.6 is 11.6 Å². The highest BCUT2D eigenvalue weighted by atomic mass is 35.5.